The molecule has 0 radical (unpaired) electrons. The molecule has 0 bridgehead atoms. The molecule has 0 aliphatic heterocycles. The second kappa shape index (κ2) is 4.57. The molecule has 1 aromatic rings. The minimum Gasteiger partial charge on any atom is -0.326 e. The largest absolute Gasteiger partial charge is 0.326 e. The molecule has 2 aliphatic carbocycles. The Morgan fingerprint density at radius 3 is 2.53 bits per heavy atom. The summed E-state index contributed by atoms with van der Waals surface area (Å²) in [7, 11) is 0. The lowest BCUT2D eigenvalue weighted by Crippen LogP contribution is -2.30. The highest BCUT2D eigenvalue weighted by Crippen LogP contribution is 2.50. The van der Waals surface area contributed by atoms with E-state index in [9.17, 15) is 9.59 Å². The molecular formula is C16H19NO2. The van der Waals surface area contributed by atoms with Gasteiger partial charge in [-0.25, -0.2) is 0 Å². The standard InChI is InChI=1S/C16H19NO2/c17-10-11-5-1-2-6-12(11)13-9-14(18)16(15(13)19)7-3-4-8-16/h1-2,5-6,13H,3-4,7-10,17H2. The van der Waals surface area contributed by atoms with E-state index < -0.39 is 5.41 Å². The molecule has 2 aliphatic rings. The van der Waals surface area contributed by atoms with Crippen molar-refractivity contribution >= 4 is 11.6 Å². The van der Waals surface area contributed by atoms with Crippen molar-refractivity contribution in [1.82, 2.24) is 0 Å². The summed E-state index contributed by atoms with van der Waals surface area (Å²) in [4.78, 5) is 25.1. The Hall–Kier alpha value is -1.48. The Labute approximate surface area is 113 Å². The van der Waals surface area contributed by atoms with Crippen LogP contribution in [0.3, 0.4) is 0 Å². The van der Waals surface area contributed by atoms with E-state index in [1.165, 1.54) is 0 Å². The lowest BCUT2D eigenvalue weighted by Gasteiger charge is -2.20. The molecular weight excluding hydrogens is 238 g/mol. The van der Waals surface area contributed by atoms with Crippen molar-refractivity contribution in [2.45, 2.75) is 44.6 Å². The third-order valence-electron chi connectivity index (χ3n) is 4.82. The number of hydrogen-bond donors (Lipinski definition) is 1. The molecule has 100 valence electrons. The van der Waals surface area contributed by atoms with Crippen LogP contribution >= 0.6 is 0 Å². The number of nitrogens with two attached hydrogens (primary N) is 1. The highest BCUT2D eigenvalue weighted by molar-refractivity contribution is 6.16. The molecule has 1 unspecified atom stereocenters. The molecule has 0 aromatic heterocycles. The van der Waals surface area contributed by atoms with Gasteiger partial charge in [-0.05, 0) is 24.0 Å². The van der Waals surface area contributed by atoms with E-state index in [0.29, 0.717) is 13.0 Å². The van der Waals surface area contributed by atoms with Crippen LogP contribution in [0.15, 0.2) is 24.3 Å². The molecule has 2 saturated carbocycles. The minimum absolute atomic E-state index is 0.149. The van der Waals surface area contributed by atoms with E-state index in [-0.39, 0.29) is 17.5 Å². The first-order chi connectivity index (χ1) is 9.19. The van der Waals surface area contributed by atoms with Crippen molar-refractivity contribution in [1.29, 1.82) is 0 Å². The summed E-state index contributed by atoms with van der Waals surface area (Å²) in [5, 5.41) is 0. The van der Waals surface area contributed by atoms with Crippen molar-refractivity contribution in [3.05, 3.63) is 35.4 Å². The molecule has 1 spiro atoms. The van der Waals surface area contributed by atoms with Crippen LogP contribution in [0.2, 0.25) is 0 Å². The predicted molar refractivity (Wildman–Crippen MR) is 72.6 cm³/mol. The summed E-state index contributed by atoms with van der Waals surface area (Å²) < 4.78 is 0. The van der Waals surface area contributed by atoms with E-state index in [2.05, 4.69) is 0 Å². The van der Waals surface area contributed by atoms with E-state index in [1.807, 2.05) is 24.3 Å². The fourth-order valence-corrected chi connectivity index (χ4v) is 3.76. The van der Waals surface area contributed by atoms with Crippen LogP contribution < -0.4 is 5.73 Å². The minimum atomic E-state index is -0.646. The SMILES string of the molecule is NCc1ccccc1C1CC(=O)C2(CCCC2)C1=O. The molecule has 3 rings (SSSR count). The molecule has 3 nitrogen and oxygen atoms in total. The maximum absolute atomic E-state index is 12.7. The molecule has 0 heterocycles. The molecule has 1 aromatic carbocycles. The van der Waals surface area contributed by atoms with Gasteiger partial charge >= 0.3 is 0 Å². The lowest BCUT2D eigenvalue weighted by molar-refractivity contribution is -0.134. The molecule has 3 heteroatoms. The fourth-order valence-electron chi connectivity index (χ4n) is 3.76. The summed E-state index contributed by atoms with van der Waals surface area (Å²) in [6.07, 6.45) is 3.89. The van der Waals surface area contributed by atoms with Gasteiger partial charge in [0.15, 0.2) is 5.78 Å². The van der Waals surface area contributed by atoms with Crippen LogP contribution in [-0.4, -0.2) is 11.6 Å². The molecule has 0 amide bonds. The van der Waals surface area contributed by atoms with Gasteiger partial charge in [0, 0.05) is 13.0 Å². The summed E-state index contributed by atoms with van der Waals surface area (Å²) in [5.41, 5.74) is 7.06. The maximum atomic E-state index is 12.7. The lowest BCUT2D eigenvalue weighted by atomic mass is 9.80. The van der Waals surface area contributed by atoms with Gasteiger partial charge in [-0.1, -0.05) is 37.1 Å². The van der Waals surface area contributed by atoms with Crippen LogP contribution in [0.4, 0.5) is 0 Å². The first-order valence-corrected chi connectivity index (χ1v) is 7.04. The van der Waals surface area contributed by atoms with Gasteiger partial charge in [0.2, 0.25) is 0 Å². The van der Waals surface area contributed by atoms with Crippen molar-refractivity contribution < 1.29 is 9.59 Å². The topological polar surface area (TPSA) is 60.2 Å². The highest BCUT2D eigenvalue weighted by atomic mass is 16.2. The van der Waals surface area contributed by atoms with Gasteiger partial charge in [-0.3, -0.25) is 9.59 Å². The van der Waals surface area contributed by atoms with Crippen LogP contribution in [0.1, 0.15) is 49.1 Å². The average Bonchev–Trinajstić information content (AvgIpc) is 3.02. The Kier molecular flexibility index (Phi) is 3.02. The van der Waals surface area contributed by atoms with Crippen molar-refractivity contribution in [2.75, 3.05) is 0 Å². The Morgan fingerprint density at radius 1 is 1.16 bits per heavy atom. The Morgan fingerprint density at radius 2 is 1.84 bits per heavy atom. The Balaban J connectivity index is 1.99. The average molecular weight is 257 g/mol. The molecule has 1 atom stereocenters. The van der Waals surface area contributed by atoms with Gasteiger partial charge < -0.3 is 5.73 Å². The summed E-state index contributed by atoms with van der Waals surface area (Å²) in [6.45, 7) is 0.418. The number of Topliss-reactive ketones (excluding diaryl/α,β-unsaturated/α-hetero) is 2. The van der Waals surface area contributed by atoms with Crippen molar-refractivity contribution in [3.63, 3.8) is 0 Å². The summed E-state index contributed by atoms with van der Waals surface area (Å²) >= 11 is 0. The molecule has 2 N–H and O–H groups in total. The maximum Gasteiger partial charge on any atom is 0.154 e. The fraction of sp³-hybridized carbons (Fsp3) is 0.500. The first-order valence-electron chi connectivity index (χ1n) is 7.04. The predicted octanol–water partition coefficient (Wildman–Crippen LogP) is 2.33. The number of benzene rings is 1. The van der Waals surface area contributed by atoms with Crippen molar-refractivity contribution in [2.24, 2.45) is 11.1 Å². The zero-order valence-electron chi connectivity index (χ0n) is 11.0. The van der Waals surface area contributed by atoms with Gasteiger partial charge in [0.05, 0.1) is 11.3 Å². The number of carbonyl (C=O) groups is 2. The third kappa shape index (κ3) is 1.76. The molecule has 19 heavy (non-hydrogen) atoms. The van der Waals surface area contributed by atoms with Crippen LogP contribution in [0, 0.1) is 5.41 Å². The second-order valence-electron chi connectivity index (χ2n) is 5.74. The van der Waals surface area contributed by atoms with E-state index in [1.54, 1.807) is 0 Å². The highest BCUT2D eigenvalue weighted by Gasteiger charge is 2.55. The quantitative estimate of drug-likeness (QED) is 0.827. The smallest absolute Gasteiger partial charge is 0.154 e. The number of rotatable bonds is 2. The van der Waals surface area contributed by atoms with E-state index in [0.717, 1.165) is 36.8 Å². The van der Waals surface area contributed by atoms with Crippen LogP contribution in [0.5, 0.6) is 0 Å². The van der Waals surface area contributed by atoms with Crippen LogP contribution in [-0.2, 0) is 16.1 Å². The monoisotopic (exact) mass is 257 g/mol. The first kappa shape index (κ1) is 12.5. The van der Waals surface area contributed by atoms with E-state index >= 15 is 0 Å². The zero-order chi connectivity index (χ0) is 13.5. The molecule has 0 saturated heterocycles. The second-order valence-corrected chi connectivity index (χ2v) is 5.74. The van der Waals surface area contributed by atoms with E-state index in [4.69, 9.17) is 5.73 Å². The Bertz CT molecular complexity index is 529. The molecule has 2 fully saturated rings. The summed E-state index contributed by atoms with van der Waals surface area (Å²) in [6, 6.07) is 7.75. The van der Waals surface area contributed by atoms with Crippen LogP contribution in [0.25, 0.3) is 0 Å². The normalized spacial score (nSPS) is 25.4. The zero-order valence-corrected chi connectivity index (χ0v) is 11.0. The van der Waals surface area contributed by atoms with Gasteiger partial charge in [-0.2, -0.15) is 0 Å². The number of ketones is 2. The summed E-state index contributed by atoms with van der Waals surface area (Å²) in [5.74, 6) is 0.0491. The third-order valence-corrected chi connectivity index (χ3v) is 4.82. The number of carbonyl (C=O) groups excluding carboxylic acids is 2. The van der Waals surface area contributed by atoms with Gasteiger partial charge in [0.1, 0.15) is 5.78 Å². The van der Waals surface area contributed by atoms with Crippen molar-refractivity contribution in [3.8, 4) is 0 Å². The van der Waals surface area contributed by atoms with Gasteiger partial charge in [-0.15, -0.1) is 0 Å². The number of hydrogen-bond acceptors (Lipinski definition) is 3. The van der Waals surface area contributed by atoms with Gasteiger partial charge in [0.25, 0.3) is 0 Å².